The van der Waals surface area contributed by atoms with Gasteiger partial charge in [-0.05, 0) is 12.1 Å². The van der Waals surface area contributed by atoms with Gasteiger partial charge in [-0.2, -0.15) is 0 Å². The van der Waals surface area contributed by atoms with Gasteiger partial charge >= 0.3 is 5.97 Å². The molecule has 0 atom stereocenters. The topological polar surface area (TPSA) is 86.7 Å². The number of benzene rings is 1. The Morgan fingerprint density at radius 1 is 1.44 bits per heavy atom. The molecule has 100 valence electrons. The van der Waals surface area contributed by atoms with E-state index in [1.807, 2.05) is 4.83 Å². The van der Waals surface area contributed by atoms with Gasteiger partial charge in [0.25, 0.3) is 10.0 Å². The highest BCUT2D eigenvalue weighted by molar-refractivity contribution is 9.10. The SMILES string of the molecule is CN(C)NS(=O)(=O)c1cc(Br)cc(C(=O)O)c1F. The molecule has 0 amide bonds. The lowest BCUT2D eigenvalue weighted by atomic mass is 10.2. The van der Waals surface area contributed by atoms with E-state index in [9.17, 15) is 17.6 Å². The highest BCUT2D eigenvalue weighted by atomic mass is 79.9. The molecule has 0 fully saturated rings. The van der Waals surface area contributed by atoms with E-state index in [2.05, 4.69) is 15.9 Å². The molecule has 1 rings (SSSR count). The number of carboxylic acids is 1. The number of halogens is 2. The second kappa shape index (κ2) is 5.31. The van der Waals surface area contributed by atoms with Gasteiger partial charge in [0.1, 0.15) is 4.90 Å². The van der Waals surface area contributed by atoms with Crippen LogP contribution in [0.25, 0.3) is 0 Å². The van der Waals surface area contributed by atoms with E-state index in [1.165, 1.54) is 14.1 Å². The highest BCUT2D eigenvalue weighted by Gasteiger charge is 2.25. The van der Waals surface area contributed by atoms with E-state index >= 15 is 0 Å². The van der Waals surface area contributed by atoms with Gasteiger partial charge in [-0.25, -0.2) is 22.6 Å². The Morgan fingerprint density at radius 3 is 2.44 bits per heavy atom. The summed E-state index contributed by atoms with van der Waals surface area (Å²) in [6.45, 7) is 0. The first-order valence-electron chi connectivity index (χ1n) is 4.57. The van der Waals surface area contributed by atoms with Crippen LogP contribution in [0.4, 0.5) is 4.39 Å². The maximum Gasteiger partial charge on any atom is 0.338 e. The number of hydrazine groups is 1. The summed E-state index contributed by atoms with van der Waals surface area (Å²) in [5, 5.41) is 9.88. The van der Waals surface area contributed by atoms with Crippen molar-refractivity contribution in [3.8, 4) is 0 Å². The van der Waals surface area contributed by atoms with Crippen molar-refractivity contribution in [3.63, 3.8) is 0 Å². The molecule has 0 saturated carbocycles. The average molecular weight is 341 g/mol. The maximum atomic E-state index is 13.8. The number of hydrogen-bond donors (Lipinski definition) is 2. The number of nitrogens with zero attached hydrogens (tertiary/aromatic N) is 1. The van der Waals surface area contributed by atoms with Crippen molar-refractivity contribution in [3.05, 3.63) is 28.0 Å². The molecule has 2 N–H and O–H groups in total. The molecule has 1 aromatic rings. The van der Waals surface area contributed by atoms with Crippen LogP contribution < -0.4 is 4.83 Å². The smallest absolute Gasteiger partial charge is 0.338 e. The minimum absolute atomic E-state index is 0.153. The van der Waals surface area contributed by atoms with E-state index < -0.39 is 32.3 Å². The van der Waals surface area contributed by atoms with Crippen molar-refractivity contribution in [2.75, 3.05) is 14.1 Å². The average Bonchev–Trinajstić information content (AvgIpc) is 2.18. The molecule has 0 aliphatic rings. The van der Waals surface area contributed by atoms with Crippen LogP contribution in [0.5, 0.6) is 0 Å². The first-order chi connectivity index (χ1) is 8.15. The third kappa shape index (κ3) is 3.25. The van der Waals surface area contributed by atoms with Crippen LogP contribution in [-0.2, 0) is 10.0 Å². The minimum Gasteiger partial charge on any atom is -0.478 e. The number of rotatable bonds is 4. The zero-order valence-electron chi connectivity index (χ0n) is 9.44. The van der Waals surface area contributed by atoms with E-state index in [0.29, 0.717) is 0 Å². The van der Waals surface area contributed by atoms with Crippen LogP contribution >= 0.6 is 15.9 Å². The zero-order valence-corrected chi connectivity index (χ0v) is 11.8. The normalized spacial score (nSPS) is 11.8. The van der Waals surface area contributed by atoms with E-state index in [1.54, 1.807) is 0 Å². The van der Waals surface area contributed by atoms with Gasteiger partial charge in [-0.1, -0.05) is 15.9 Å². The summed E-state index contributed by atoms with van der Waals surface area (Å²) in [7, 11) is -1.34. The lowest BCUT2D eigenvalue weighted by Crippen LogP contribution is -2.36. The summed E-state index contributed by atoms with van der Waals surface area (Å²) in [6.07, 6.45) is 0. The van der Waals surface area contributed by atoms with Crippen LogP contribution in [0.3, 0.4) is 0 Å². The molecule has 0 radical (unpaired) electrons. The summed E-state index contributed by atoms with van der Waals surface area (Å²) in [5.74, 6) is -2.85. The monoisotopic (exact) mass is 340 g/mol. The summed E-state index contributed by atoms with van der Waals surface area (Å²) < 4.78 is 37.5. The molecule has 9 heteroatoms. The molecule has 0 aliphatic heterocycles. The Morgan fingerprint density at radius 2 is 2.00 bits per heavy atom. The lowest BCUT2D eigenvalue weighted by molar-refractivity contribution is 0.0691. The Balaban J connectivity index is 3.47. The number of sulfonamides is 1. The quantitative estimate of drug-likeness (QED) is 0.800. The fourth-order valence-electron chi connectivity index (χ4n) is 1.20. The molecule has 0 saturated heterocycles. The fourth-order valence-corrected chi connectivity index (χ4v) is 3.02. The van der Waals surface area contributed by atoms with Crippen molar-refractivity contribution in [1.82, 2.24) is 9.84 Å². The first kappa shape index (κ1) is 15.0. The van der Waals surface area contributed by atoms with Crippen LogP contribution in [0, 0.1) is 5.82 Å². The van der Waals surface area contributed by atoms with Crippen LogP contribution in [0.15, 0.2) is 21.5 Å². The molecular weight excluding hydrogens is 331 g/mol. The van der Waals surface area contributed by atoms with Crippen LogP contribution in [0.2, 0.25) is 0 Å². The number of hydrogen-bond acceptors (Lipinski definition) is 4. The molecule has 1 aromatic carbocycles. The van der Waals surface area contributed by atoms with Gasteiger partial charge in [0, 0.05) is 18.6 Å². The van der Waals surface area contributed by atoms with E-state index in [-0.39, 0.29) is 4.47 Å². The molecule has 0 spiro atoms. The van der Waals surface area contributed by atoms with Crippen molar-refractivity contribution in [1.29, 1.82) is 0 Å². The number of aromatic carboxylic acids is 1. The standard InChI is InChI=1S/C9H10BrFN2O4S/c1-13(2)12-18(16,17)7-4-5(10)3-6(8(7)11)9(14)15/h3-4,12H,1-2H3,(H,14,15). The van der Waals surface area contributed by atoms with Crippen LogP contribution in [-0.4, -0.2) is 38.6 Å². The number of carboxylic acid groups (broad SMARTS) is 1. The van der Waals surface area contributed by atoms with Gasteiger partial charge < -0.3 is 5.11 Å². The molecule has 0 bridgehead atoms. The first-order valence-corrected chi connectivity index (χ1v) is 6.85. The molecular formula is C9H10BrFN2O4S. The third-order valence-electron chi connectivity index (χ3n) is 1.83. The van der Waals surface area contributed by atoms with Gasteiger partial charge in [0.05, 0.1) is 5.56 Å². The second-order valence-electron chi connectivity index (χ2n) is 3.56. The Labute approximate surface area is 112 Å². The number of nitrogens with one attached hydrogen (secondary N) is 1. The Kier molecular flexibility index (Phi) is 4.43. The van der Waals surface area contributed by atoms with Crippen molar-refractivity contribution in [2.45, 2.75) is 4.90 Å². The predicted octanol–water partition coefficient (Wildman–Crippen LogP) is 1.04. The fraction of sp³-hybridized carbons (Fsp3) is 0.222. The molecule has 18 heavy (non-hydrogen) atoms. The highest BCUT2D eigenvalue weighted by Crippen LogP contribution is 2.24. The van der Waals surface area contributed by atoms with Gasteiger partial charge in [0.15, 0.2) is 5.82 Å². The molecule has 6 nitrogen and oxygen atoms in total. The summed E-state index contributed by atoms with van der Waals surface area (Å²) in [6, 6.07) is 1.99. The predicted molar refractivity (Wildman–Crippen MR) is 65.1 cm³/mol. The van der Waals surface area contributed by atoms with E-state index in [4.69, 9.17) is 5.11 Å². The third-order valence-corrected chi connectivity index (χ3v) is 3.77. The van der Waals surface area contributed by atoms with Crippen LogP contribution in [0.1, 0.15) is 10.4 Å². The van der Waals surface area contributed by atoms with Gasteiger partial charge in [0.2, 0.25) is 0 Å². The zero-order chi connectivity index (χ0) is 14.1. The maximum absolute atomic E-state index is 13.8. The molecule has 0 aliphatic carbocycles. The lowest BCUT2D eigenvalue weighted by Gasteiger charge is -2.14. The Hall–Kier alpha value is -1.03. The van der Waals surface area contributed by atoms with Crippen molar-refractivity contribution in [2.24, 2.45) is 0 Å². The summed E-state index contributed by atoms with van der Waals surface area (Å²) in [5.41, 5.74) is -0.719. The van der Waals surface area contributed by atoms with Gasteiger partial charge in [-0.3, -0.25) is 0 Å². The summed E-state index contributed by atoms with van der Waals surface area (Å²) in [4.78, 5) is 12.1. The molecule has 0 aromatic heterocycles. The summed E-state index contributed by atoms with van der Waals surface area (Å²) >= 11 is 2.94. The van der Waals surface area contributed by atoms with E-state index in [0.717, 1.165) is 17.1 Å². The van der Waals surface area contributed by atoms with Gasteiger partial charge in [-0.15, -0.1) is 4.83 Å². The number of carbonyl (C=O) groups is 1. The van der Waals surface area contributed by atoms with Crippen molar-refractivity contribution >= 4 is 31.9 Å². The second-order valence-corrected chi connectivity index (χ2v) is 6.10. The molecule has 0 heterocycles. The molecule has 0 unspecified atom stereocenters. The largest absolute Gasteiger partial charge is 0.478 e. The minimum atomic E-state index is -4.16. The van der Waals surface area contributed by atoms with Crippen molar-refractivity contribution < 1.29 is 22.7 Å². The Bertz CT molecular complexity index is 588.